The van der Waals surface area contributed by atoms with Gasteiger partial charge in [0.1, 0.15) is 0 Å². The van der Waals surface area contributed by atoms with Crippen molar-refractivity contribution in [2.45, 2.75) is 58.9 Å². The number of nitrogens with one attached hydrogen (secondary N) is 1. The second-order valence-electron chi connectivity index (χ2n) is 5.67. The Morgan fingerprint density at radius 2 is 1.94 bits per heavy atom. The Bertz CT molecular complexity index is 343. The first-order valence-corrected chi connectivity index (χ1v) is 8.56. The molecular weight excluding hydrogens is 248 g/mol. The molecule has 0 amide bonds. The Hall–Kier alpha value is -0.130. The summed E-state index contributed by atoms with van der Waals surface area (Å²) in [5.41, 5.74) is 0. The average Bonchev–Trinajstić information content (AvgIpc) is 2.31. The smallest absolute Gasteiger partial charge is 0.199 e. The molecule has 1 aliphatic carbocycles. The lowest BCUT2D eigenvalue weighted by Crippen LogP contribution is -2.48. The van der Waals surface area contributed by atoms with Crippen LogP contribution in [0.15, 0.2) is 0 Å². The van der Waals surface area contributed by atoms with Gasteiger partial charge in [0, 0.05) is 19.6 Å². The molecule has 5 heteroatoms. The highest BCUT2D eigenvalue weighted by Crippen LogP contribution is 2.29. The predicted molar refractivity (Wildman–Crippen MR) is 75.6 cm³/mol. The van der Waals surface area contributed by atoms with Crippen molar-refractivity contribution in [3.63, 3.8) is 0 Å². The topological polar surface area (TPSA) is 49.4 Å². The van der Waals surface area contributed by atoms with Gasteiger partial charge in [0.15, 0.2) is 0 Å². The summed E-state index contributed by atoms with van der Waals surface area (Å²) in [6.45, 7) is 7.04. The summed E-state index contributed by atoms with van der Waals surface area (Å²) >= 11 is 0. The maximum absolute atomic E-state index is 12.2. The second kappa shape index (κ2) is 6.87. The first-order valence-electron chi connectivity index (χ1n) is 7.12. The van der Waals surface area contributed by atoms with Gasteiger partial charge in [-0.3, -0.25) is 0 Å². The van der Waals surface area contributed by atoms with Crippen LogP contribution in [0.4, 0.5) is 0 Å². The molecule has 0 spiro atoms. The third-order valence-electron chi connectivity index (χ3n) is 4.24. The zero-order valence-electron chi connectivity index (χ0n) is 12.1. The zero-order valence-corrected chi connectivity index (χ0v) is 13.0. The molecule has 18 heavy (non-hydrogen) atoms. The molecule has 108 valence electrons. The fourth-order valence-electron chi connectivity index (χ4n) is 2.53. The van der Waals surface area contributed by atoms with E-state index >= 15 is 0 Å². The van der Waals surface area contributed by atoms with Crippen LogP contribution in [-0.2, 0) is 10.2 Å². The Morgan fingerprint density at radius 1 is 1.28 bits per heavy atom. The highest BCUT2D eigenvalue weighted by Gasteiger charge is 2.31. The second-order valence-corrected chi connectivity index (χ2v) is 7.48. The van der Waals surface area contributed by atoms with E-state index in [0.717, 1.165) is 25.7 Å². The summed E-state index contributed by atoms with van der Waals surface area (Å²) in [6, 6.07) is 0.0998. The normalized spacial score (nSPS) is 29.7. The van der Waals surface area contributed by atoms with Crippen LogP contribution in [0.1, 0.15) is 52.9 Å². The average molecular weight is 276 g/mol. The highest BCUT2D eigenvalue weighted by molar-refractivity contribution is 7.87. The molecule has 1 fully saturated rings. The standard InChI is InChI=1S/C13H28N2O2S/c1-5-6-10-15(4)18(16,17)14-13-9-7-8-11(2)12(13)3/h11-14H,5-10H2,1-4H3/t11-,12-,13+/m0/s1. The number of unbranched alkanes of at least 4 members (excludes halogenated alkanes) is 1. The van der Waals surface area contributed by atoms with E-state index in [4.69, 9.17) is 0 Å². The van der Waals surface area contributed by atoms with Gasteiger partial charge in [0.05, 0.1) is 0 Å². The van der Waals surface area contributed by atoms with Crippen molar-refractivity contribution in [3.05, 3.63) is 0 Å². The Labute approximate surface area is 112 Å². The van der Waals surface area contributed by atoms with E-state index in [1.165, 1.54) is 10.7 Å². The van der Waals surface area contributed by atoms with E-state index in [1.54, 1.807) is 7.05 Å². The van der Waals surface area contributed by atoms with E-state index in [9.17, 15) is 8.42 Å². The lowest BCUT2D eigenvalue weighted by atomic mass is 9.78. The lowest BCUT2D eigenvalue weighted by molar-refractivity contribution is 0.224. The third-order valence-corrected chi connectivity index (χ3v) is 5.85. The molecule has 0 radical (unpaired) electrons. The van der Waals surface area contributed by atoms with Crippen molar-refractivity contribution in [1.82, 2.24) is 9.03 Å². The largest absolute Gasteiger partial charge is 0.279 e. The number of rotatable bonds is 6. The summed E-state index contributed by atoms with van der Waals surface area (Å²) in [6.07, 6.45) is 5.22. The molecule has 0 aromatic heterocycles. The van der Waals surface area contributed by atoms with Gasteiger partial charge in [-0.25, -0.2) is 0 Å². The summed E-state index contributed by atoms with van der Waals surface area (Å²) in [5, 5.41) is 0. The van der Waals surface area contributed by atoms with Gasteiger partial charge in [0.2, 0.25) is 0 Å². The Morgan fingerprint density at radius 3 is 2.56 bits per heavy atom. The molecule has 0 unspecified atom stereocenters. The van der Waals surface area contributed by atoms with Crippen LogP contribution in [0.5, 0.6) is 0 Å². The Balaban J connectivity index is 2.59. The van der Waals surface area contributed by atoms with Crippen molar-refractivity contribution < 1.29 is 8.42 Å². The first-order chi connectivity index (χ1) is 8.38. The molecule has 0 aromatic rings. The Kier molecular flexibility index (Phi) is 6.08. The fourth-order valence-corrected chi connectivity index (χ4v) is 3.80. The molecule has 1 N–H and O–H groups in total. The van der Waals surface area contributed by atoms with Crippen molar-refractivity contribution in [2.24, 2.45) is 11.8 Å². The van der Waals surface area contributed by atoms with Crippen LogP contribution in [0, 0.1) is 11.8 Å². The maximum Gasteiger partial charge on any atom is 0.279 e. The summed E-state index contributed by atoms with van der Waals surface area (Å²) < 4.78 is 28.7. The van der Waals surface area contributed by atoms with Crippen LogP contribution in [0.25, 0.3) is 0 Å². The van der Waals surface area contributed by atoms with Crippen molar-refractivity contribution >= 4 is 10.2 Å². The van der Waals surface area contributed by atoms with E-state index in [1.807, 2.05) is 0 Å². The minimum Gasteiger partial charge on any atom is -0.199 e. The quantitative estimate of drug-likeness (QED) is 0.809. The monoisotopic (exact) mass is 276 g/mol. The van der Waals surface area contributed by atoms with Crippen molar-refractivity contribution in [2.75, 3.05) is 13.6 Å². The zero-order chi connectivity index (χ0) is 13.8. The molecule has 1 aliphatic rings. The van der Waals surface area contributed by atoms with E-state index < -0.39 is 10.2 Å². The SMILES string of the molecule is CCCCN(C)S(=O)(=O)N[C@@H]1CCC[C@H](C)[C@@H]1C. The molecule has 1 rings (SSSR count). The van der Waals surface area contributed by atoms with E-state index in [0.29, 0.717) is 18.4 Å². The summed E-state index contributed by atoms with van der Waals surface area (Å²) in [5.74, 6) is 1.03. The summed E-state index contributed by atoms with van der Waals surface area (Å²) in [7, 11) is -1.64. The van der Waals surface area contributed by atoms with Crippen molar-refractivity contribution in [1.29, 1.82) is 0 Å². The molecule has 0 saturated heterocycles. The van der Waals surface area contributed by atoms with E-state index in [-0.39, 0.29) is 6.04 Å². The number of nitrogens with zero attached hydrogens (tertiary/aromatic N) is 1. The maximum atomic E-state index is 12.2. The van der Waals surface area contributed by atoms with Crippen LogP contribution < -0.4 is 4.72 Å². The fraction of sp³-hybridized carbons (Fsp3) is 1.00. The first kappa shape index (κ1) is 15.9. The van der Waals surface area contributed by atoms with Gasteiger partial charge >= 0.3 is 0 Å². The van der Waals surface area contributed by atoms with E-state index in [2.05, 4.69) is 25.5 Å². The lowest BCUT2D eigenvalue weighted by Gasteiger charge is -2.35. The van der Waals surface area contributed by atoms with Gasteiger partial charge < -0.3 is 0 Å². The van der Waals surface area contributed by atoms with Gasteiger partial charge in [-0.05, 0) is 24.7 Å². The van der Waals surface area contributed by atoms with Crippen LogP contribution in [-0.4, -0.2) is 32.4 Å². The molecule has 4 nitrogen and oxygen atoms in total. The minimum atomic E-state index is -3.31. The van der Waals surface area contributed by atoms with Crippen molar-refractivity contribution in [3.8, 4) is 0 Å². The van der Waals surface area contributed by atoms with Gasteiger partial charge in [-0.1, -0.05) is 40.0 Å². The number of hydrogen-bond donors (Lipinski definition) is 1. The molecule has 0 bridgehead atoms. The van der Waals surface area contributed by atoms with Crippen LogP contribution in [0.2, 0.25) is 0 Å². The molecule has 3 atom stereocenters. The molecule has 0 aromatic carbocycles. The third kappa shape index (κ3) is 4.21. The van der Waals surface area contributed by atoms with Gasteiger partial charge in [-0.15, -0.1) is 0 Å². The highest BCUT2D eigenvalue weighted by atomic mass is 32.2. The molecular formula is C13H28N2O2S. The van der Waals surface area contributed by atoms with Crippen LogP contribution >= 0.6 is 0 Å². The summed E-state index contributed by atoms with van der Waals surface area (Å²) in [4.78, 5) is 0. The molecule has 0 heterocycles. The van der Waals surface area contributed by atoms with Crippen LogP contribution in [0.3, 0.4) is 0 Å². The molecule has 0 aliphatic heterocycles. The van der Waals surface area contributed by atoms with Gasteiger partial charge in [-0.2, -0.15) is 17.4 Å². The minimum absolute atomic E-state index is 0.0998. The van der Waals surface area contributed by atoms with Gasteiger partial charge in [0.25, 0.3) is 10.2 Å². The predicted octanol–water partition coefficient (Wildman–Crippen LogP) is 2.38. The number of hydrogen-bond acceptors (Lipinski definition) is 2. The molecule has 1 saturated carbocycles.